The van der Waals surface area contributed by atoms with E-state index in [0.717, 1.165) is 24.8 Å². The van der Waals surface area contributed by atoms with Crippen molar-refractivity contribution in [1.82, 2.24) is 25.2 Å². The third-order valence-corrected chi connectivity index (χ3v) is 9.24. The number of benzene rings is 3. The van der Waals surface area contributed by atoms with Crippen molar-refractivity contribution in [1.29, 1.82) is 0 Å². The molecule has 3 atom stereocenters. The summed E-state index contributed by atoms with van der Waals surface area (Å²) < 4.78 is 41.1. The fraction of sp³-hybridized carbons (Fsp3) is 0.406. The van der Waals surface area contributed by atoms with Crippen LogP contribution in [-0.4, -0.2) is 81.7 Å². The largest absolute Gasteiger partial charge is 0.339 e. The van der Waals surface area contributed by atoms with Crippen LogP contribution in [0.2, 0.25) is 5.02 Å². The van der Waals surface area contributed by atoms with Crippen LogP contribution in [0.15, 0.2) is 72.8 Å². The van der Waals surface area contributed by atoms with Gasteiger partial charge in [-0.25, -0.2) is 17.5 Å². The Balaban J connectivity index is 1.26. The summed E-state index contributed by atoms with van der Waals surface area (Å²) in [4.78, 5) is 17.8. The number of nitrogens with one attached hydrogen (secondary N) is 3. The van der Waals surface area contributed by atoms with Crippen LogP contribution in [0, 0.1) is 5.82 Å². The van der Waals surface area contributed by atoms with Crippen molar-refractivity contribution in [3.05, 3.63) is 106 Å². The summed E-state index contributed by atoms with van der Waals surface area (Å²) in [6, 6.07) is 21.7. The van der Waals surface area contributed by atoms with Gasteiger partial charge in [0.2, 0.25) is 15.9 Å². The second-order valence-electron chi connectivity index (χ2n) is 11.4. The van der Waals surface area contributed by atoms with Gasteiger partial charge in [-0.15, -0.1) is 0 Å². The number of carbonyl (C=O) groups is 1. The molecule has 11 heteroatoms. The molecular formula is C32H39ClFN5O3S. The smallest absolute Gasteiger partial charge is 0.240 e. The van der Waals surface area contributed by atoms with Gasteiger partial charge in [0.1, 0.15) is 5.82 Å². The minimum Gasteiger partial charge on any atom is -0.339 e. The number of piperazine rings is 1. The Morgan fingerprint density at radius 2 is 1.67 bits per heavy atom. The molecule has 1 fully saturated rings. The van der Waals surface area contributed by atoms with Gasteiger partial charge in [-0.1, -0.05) is 66.2 Å². The molecule has 230 valence electrons. The lowest BCUT2D eigenvalue weighted by molar-refractivity contribution is -0.135. The Kier molecular flexibility index (Phi) is 10.5. The van der Waals surface area contributed by atoms with E-state index in [-0.39, 0.29) is 24.3 Å². The van der Waals surface area contributed by atoms with Crippen LogP contribution in [0.5, 0.6) is 0 Å². The van der Waals surface area contributed by atoms with E-state index in [2.05, 4.69) is 39.6 Å². The molecule has 3 aromatic rings. The van der Waals surface area contributed by atoms with Crippen LogP contribution in [0.1, 0.15) is 28.3 Å². The second kappa shape index (κ2) is 14.3. The molecule has 0 saturated carbocycles. The Bertz CT molecular complexity index is 1500. The third-order valence-electron chi connectivity index (χ3n) is 8.30. The van der Waals surface area contributed by atoms with Crippen molar-refractivity contribution in [2.75, 3.05) is 45.5 Å². The predicted octanol–water partition coefficient (Wildman–Crippen LogP) is 3.13. The first-order chi connectivity index (χ1) is 20.7. The zero-order chi connectivity index (χ0) is 30.4. The standard InChI is InChI=1S/C32H39ClFN5O3S/c1-43(41,42)37-22-31(28-8-4-5-9-29(28)34)38-14-16-39(17-15-38)32(40)30(18-23-10-12-26(33)13-11-23)36-21-27-19-24-6-2-3-7-25(24)20-35-27/h2-13,27,30-31,35-37H,14-22H2,1H3/t27-,30-,31?/m1/s1. The Hall–Kier alpha value is -2.86. The molecule has 5 rings (SSSR count). The summed E-state index contributed by atoms with van der Waals surface area (Å²) >= 11 is 6.11. The van der Waals surface area contributed by atoms with Gasteiger partial charge in [-0.3, -0.25) is 9.69 Å². The quantitative estimate of drug-likeness (QED) is 0.303. The maximum absolute atomic E-state index is 14.8. The highest BCUT2D eigenvalue weighted by Crippen LogP contribution is 2.25. The van der Waals surface area contributed by atoms with Crippen molar-refractivity contribution in [2.24, 2.45) is 0 Å². The number of carbonyl (C=O) groups excluding carboxylic acids is 1. The average molecular weight is 628 g/mol. The summed E-state index contributed by atoms with van der Waals surface area (Å²) in [7, 11) is -3.46. The van der Waals surface area contributed by atoms with Crippen LogP contribution >= 0.6 is 11.6 Å². The number of fused-ring (bicyclic) bond motifs is 1. The van der Waals surface area contributed by atoms with E-state index in [1.807, 2.05) is 34.1 Å². The number of hydrogen-bond acceptors (Lipinski definition) is 6. The summed E-state index contributed by atoms with van der Waals surface area (Å²) in [5.74, 6) is -0.366. The highest BCUT2D eigenvalue weighted by Gasteiger charge is 2.32. The predicted molar refractivity (Wildman–Crippen MR) is 168 cm³/mol. The van der Waals surface area contributed by atoms with E-state index in [0.29, 0.717) is 49.7 Å². The fourth-order valence-electron chi connectivity index (χ4n) is 5.94. The number of halogens is 2. The molecule has 0 aromatic heterocycles. The van der Waals surface area contributed by atoms with Crippen LogP contribution < -0.4 is 15.4 Å². The first kappa shape index (κ1) is 31.6. The molecule has 0 aliphatic carbocycles. The van der Waals surface area contributed by atoms with Gasteiger partial charge in [-0.05, 0) is 47.7 Å². The summed E-state index contributed by atoms with van der Waals surface area (Å²) in [5.41, 5.74) is 4.09. The van der Waals surface area contributed by atoms with Gasteiger partial charge in [-0.2, -0.15) is 0 Å². The van der Waals surface area contributed by atoms with E-state index in [1.165, 1.54) is 17.2 Å². The molecule has 0 bridgehead atoms. The molecule has 2 heterocycles. The van der Waals surface area contributed by atoms with Gasteiger partial charge in [0.05, 0.1) is 18.3 Å². The Labute approximate surface area is 258 Å². The first-order valence-electron chi connectivity index (χ1n) is 14.7. The molecule has 8 nitrogen and oxygen atoms in total. The number of hydrogen-bond donors (Lipinski definition) is 3. The van der Waals surface area contributed by atoms with Crippen LogP contribution in [-0.2, 0) is 34.2 Å². The number of amides is 1. The summed E-state index contributed by atoms with van der Waals surface area (Å²) in [6.45, 7) is 3.39. The van der Waals surface area contributed by atoms with Crippen molar-refractivity contribution in [3.63, 3.8) is 0 Å². The topological polar surface area (TPSA) is 93.8 Å². The molecule has 2 aliphatic rings. The molecule has 0 radical (unpaired) electrons. The van der Waals surface area contributed by atoms with E-state index in [1.54, 1.807) is 18.2 Å². The molecule has 1 amide bonds. The monoisotopic (exact) mass is 627 g/mol. The van der Waals surface area contributed by atoms with Crippen LogP contribution in [0.25, 0.3) is 0 Å². The highest BCUT2D eigenvalue weighted by atomic mass is 35.5. The molecule has 1 unspecified atom stereocenters. The number of sulfonamides is 1. The molecule has 43 heavy (non-hydrogen) atoms. The van der Waals surface area contributed by atoms with Gasteiger partial charge in [0.25, 0.3) is 0 Å². The maximum Gasteiger partial charge on any atom is 0.240 e. The molecule has 3 aromatic carbocycles. The van der Waals surface area contributed by atoms with Gasteiger partial charge < -0.3 is 15.5 Å². The van der Waals surface area contributed by atoms with E-state index in [9.17, 15) is 17.6 Å². The number of nitrogens with zero attached hydrogens (tertiary/aromatic N) is 2. The molecule has 3 N–H and O–H groups in total. The zero-order valence-corrected chi connectivity index (χ0v) is 25.9. The summed E-state index contributed by atoms with van der Waals surface area (Å²) in [6.07, 6.45) is 2.51. The molecule has 1 saturated heterocycles. The minimum atomic E-state index is -3.46. The van der Waals surface area contributed by atoms with E-state index in [4.69, 9.17) is 11.6 Å². The lowest BCUT2D eigenvalue weighted by Gasteiger charge is -2.40. The highest BCUT2D eigenvalue weighted by molar-refractivity contribution is 7.88. The van der Waals surface area contributed by atoms with Gasteiger partial charge >= 0.3 is 0 Å². The van der Waals surface area contributed by atoms with Gasteiger partial charge in [0, 0.05) is 62.4 Å². The minimum absolute atomic E-state index is 0.0162. The van der Waals surface area contributed by atoms with Crippen molar-refractivity contribution in [3.8, 4) is 0 Å². The third kappa shape index (κ3) is 8.62. The van der Waals surface area contributed by atoms with E-state index < -0.39 is 22.1 Å². The average Bonchev–Trinajstić information content (AvgIpc) is 3.00. The Morgan fingerprint density at radius 3 is 2.37 bits per heavy atom. The molecular weight excluding hydrogens is 589 g/mol. The lowest BCUT2D eigenvalue weighted by atomic mass is 9.95. The normalized spacial score (nSPS) is 19.0. The van der Waals surface area contributed by atoms with E-state index >= 15 is 0 Å². The molecule has 2 aliphatic heterocycles. The van der Waals surface area contributed by atoms with Crippen molar-refractivity contribution < 1.29 is 17.6 Å². The second-order valence-corrected chi connectivity index (χ2v) is 13.6. The fourth-order valence-corrected chi connectivity index (χ4v) is 6.53. The molecule has 0 spiro atoms. The maximum atomic E-state index is 14.8. The first-order valence-corrected chi connectivity index (χ1v) is 16.9. The lowest BCUT2D eigenvalue weighted by Crippen LogP contribution is -2.57. The number of rotatable bonds is 11. The van der Waals surface area contributed by atoms with Crippen molar-refractivity contribution in [2.45, 2.75) is 37.5 Å². The van der Waals surface area contributed by atoms with Crippen LogP contribution in [0.4, 0.5) is 4.39 Å². The summed E-state index contributed by atoms with van der Waals surface area (Å²) in [5, 5.41) is 7.80. The van der Waals surface area contributed by atoms with Gasteiger partial charge in [0.15, 0.2) is 0 Å². The SMILES string of the molecule is CS(=O)(=O)NCC(c1ccccc1F)N1CCN(C(=O)[C@@H](Cc2ccc(Cl)cc2)NC[C@H]2Cc3ccccc3CN2)CC1. The van der Waals surface area contributed by atoms with Crippen LogP contribution in [0.3, 0.4) is 0 Å². The van der Waals surface area contributed by atoms with Crippen molar-refractivity contribution >= 4 is 27.5 Å². The zero-order valence-electron chi connectivity index (χ0n) is 24.3. The Morgan fingerprint density at radius 1 is 1.00 bits per heavy atom.